The van der Waals surface area contributed by atoms with E-state index in [0.717, 1.165) is 6.07 Å². The number of hydrogen-bond acceptors (Lipinski definition) is 2. The Hall–Kier alpha value is -1.15. The molecular formula is C10H10ClF6NO. The molecule has 19 heavy (non-hydrogen) atoms. The molecular weight excluding hydrogens is 300 g/mol. The summed E-state index contributed by atoms with van der Waals surface area (Å²) in [5.41, 5.74) is 3.77. The molecule has 110 valence electrons. The Bertz CT molecular complexity index is 417. The second-order valence-electron chi connectivity index (χ2n) is 3.40. The van der Waals surface area contributed by atoms with Crippen LogP contribution in [0, 0.1) is 0 Å². The summed E-state index contributed by atoms with van der Waals surface area (Å²) in [5, 5.41) is 0. The van der Waals surface area contributed by atoms with Crippen molar-refractivity contribution in [3.05, 3.63) is 29.3 Å². The summed E-state index contributed by atoms with van der Waals surface area (Å²) in [4.78, 5) is 0. The van der Waals surface area contributed by atoms with E-state index in [1.54, 1.807) is 0 Å². The van der Waals surface area contributed by atoms with E-state index >= 15 is 0 Å². The van der Waals surface area contributed by atoms with E-state index in [2.05, 4.69) is 4.74 Å². The van der Waals surface area contributed by atoms with Crippen LogP contribution in [-0.4, -0.2) is 12.8 Å². The number of ether oxygens (including phenoxy) is 1. The van der Waals surface area contributed by atoms with Crippen LogP contribution in [0.2, 0.25) is 0 Å². The van der Waals surface area contributed by atoms with Crippen molar-refractivity contribution >= 4 is 12.4 Å². The van der Waals surface area contributed by atoms with Crippen LogP contribution in [0.15, 0.2) is 18.2 Å². The van der Waals surface area contributed by atoms with E-state index in [9.17, 15) is 26.3 Å². The van der Waals surface area contributed by atoms with Gasteiger partial charge in [-0.05, 0) is 6.07 Å². The predicted octanol–water partition coefficient (Wildman–Crippen LogP) is 3.53. The normalized spacial score (nSPS) is 11.9. The molecule has 0 saturated carbocycles. The van der Waals surface area contributed by atoms with Gasteiger partial charge >= 0.3 is 12.4 Å². The molecule has 0 saturated heterocycles. The van der Waals surface area contributed by atoms with E-state index in [1.165, 1.54) is 6.07 Å². The number of benzene rings is 1. The number of halogens is 7. The summed E-state index contributed by atoms with van der Waals surface area (Å²) in [5.74, 6) is -0.871. The lowest BCUT2D eigenvalue weighted by Crippen LogP contribution is -2.22. The van der Waals surface area contributed by atoms with Crippen molar-refractivity contribution in [2.75, 3.05) is 6.61 Å². The van der Waals surface area contributed by atoms with Crippen LogP contribution in [-0.2, 0) is 12.7 Å². The van der Waals surface area contributed by atoms with Crippen molar-refractivity contribution in [1.29, 1.82) is 0 Å². The smallest absolute Gasteiger partial charge is 0.422 e. The highest BCUT2D eigenvalue weighted by molar-refractivity contribution is 5.85. The third-order valence-corrected chi connectivity index (χ3v) is 2.00. The van der Waals surface area contributed by atoms with Gasteiger partial charge in [-0.15, -0.1) is 12.4 Å². The van der Waals surface area contributed by atoms with Crippen LogP contribution < -0.4 is 10.5 Å². The van der Waals surface area contributed by atoms with Crippen LogP contribution >= 0.6 is 12.4 Å². The fraction of sp³-hybridized carbons (Fsp3) is 0.400. The number of nitrogens with two attached hydrogens (primary N) is 1. The zero-order chi connectivity index (χ0) is 14.0. The maximum absolute atomic E-state index is 12.6. The highest BCUT2D eigenvalue weighted by atomic mass is 35.5. The van der Waals surface area contributed by atoms with Crippen molar-refractivity contribution in [3.8, 4) is 5.75 Å². The predicted molar refractivity (Wildman–Crippen MR) is 58.1 cm³/mol. The molecule has 0 unspecified atom stereocenters. The third kappa shape index (κ3) is 5.15. The largest absolute Gasteiger partial charge is 0.483 e. The first-order valence-corrected chi connectivity index (χ1v) is 4.74. The number of para-hydroxylation sites is 1. The van der Waals surface area contributed by atoms with Gasteiger partial charge in [0.15, 0.2) is 6.61 Å². The average molecular weight is 310 g/mol. The number of rotatable bonds is 3. The first-order chi connectivity index (χ1) is 8.15. The lowest BCUT2D eigenvalue weighted by molar-refractivity contribution is -0.159. The zero-order valence-electron chi connectivity index (χ0n) is 9.31. The minimum absolute atomic E-state index is 0. The first kappa shape index (κ1) is 17.8. The van der Waals surface area contributed by atoms with Crippen molar-refractivity contribution in [1.82, 2.24) is 0 Å². The van der Waals surface area contributed by atoms with Gasteiger partial charge in [-0.25, -0.2) is 0 Å². The summed E-state index contributed by atoms with van der Waals surface area (Å²) in [6, 6.07) is 2.89. The minimum atomic E-state index is -4.80. The molecule has 0 radical (unpaired) electrons. The van der Waals surface area contributed by atoms with E-state index in [1.807, 2.05) is 0 Å². The highest BCUT2D eigenvalue weighted by Crippen LogP contribution is 2.38. The molecule has 0 aliphatic heterocycles. The van der Waals surface area contributed by atoms with E-state index in [0.29, 0.717) is 6.07 Å². The molecule has 0 bridgehead atoms. The van der Waals surface area contributed by atoms with Gasteiger partial charge in [0.2, 0.25) is 0 Å². The van der Waals surface area contributed by atoms with Gasteiger partial charge in [-0.1, -0.05) is 12.1 Å². The van der Waals surface area contributed by atoms with Crippen molar-refractivity contribution in [3.63, 3.8) is 0 Å². The molecule has 0 spiro atoms. The second kappa shape index (κ2) is 6.33. The third-order valence-electron chi connectivity index (χ3n) is 2.00. The fourth-order valence-electron chi connectivity index (χ4n) is 1.29. The molecule has 2 nitrogen and oxygen atoms in total. The molecule has 0 aliphatic rings. The first-order valence-electron chi connectivity index (χ1n) is 4.74. The van der Waals surface area contributed by atoms with Gasteiger partial charge in [0, 0.05) is 12.1 Å². The minimum Gasteiger partial charge on any atom is -0.483 e. The van der Waals surface area contributed by atoms with Gasteiger partial charge < -0.3 is 10.5 Å². The average Bonchev–Trinajstić information content (AvgIpc) is 2.23. The SMILES string of the molecule is Cl.NCc1cccc(C(F)(F)F)c1OCC(F)(F)F. The summed E-state index contributed by atoms with van der Waals surface area (Å²) >= 11 is 0. The molecule has 1 aromatic rings. The molecule has 0 aliphatic carbocycles. The van der Waals surface area contributed by atoms with Crippen molar-refractivity contribution < 1.29 is 31.1 Å². The molecule has 1 aromatic carbocycles. The van der Waals surface area contributed by atoms with Gasteiger partial charge in [0.1, 0.15) is 5.75 Å². The summed E-state index contributed by atoms with van der Waals surface area (Å²) < 4.78 is 77.9. The molecule has 0 amide bonds. The molecule has 0 heterocycles. The quantitative estimate of drug-likeness (QED) is 0.867. The number of hydrogen-bond donors (Lipinski definition) is 1. The van der Waals surface area contributed by atoms with Crippen LogP contribution in [0.5, 0.6) is 5.75 Å². The lowest BCUT2D eigenvalue weighted by Gasteiger charge is -2.17. The summed E-state index contributed by atoms with van der Waals surface area (Å²) in [7, 11) is 0. The monoisotopic (exact) mass is 309 g/mol. The lowest BCUT2D eigenvalue weighted by atomic mass is 10.1. The Morgan fingerprint density at radius 2 is 1.63 bits per heavy atom. The Morgan fingerprint density at radius 1 is 1.05 bits per heavy atom. The van der Waals surface area contributed by atoms with Gasteiger partial charge in [0.05, 0.1) is 5.56 Å². The Labute approximate surface area is 110 Å². The number of alkyl halides is 6. The molecule has 1 rings (SSSR count). The second-order valence-corrected chi connectivity index (χ2v) is 3.40. The molecule has 0 fully saturated rings. The van der Waals surface area contributed by atoms with Gasteiger partial charge in [-0.3, -0.25) is 0 Å². The van der Waals surface area contributed by atoms with Gasteiger partial charge in [0.25, 0.3) is 0 Å². The zero-order valence-corrected chi connectivity index (χ0v) is 10.1. The van der Waals surface area contributed by atoms with E-state index in [-0.39, 0.29) is 24.5 Å². The van der Waals surface area contributed by atoms with E-state index < -0.39 is 30.3 Å². The maximum Gasteiger partial charge on any atom is 0.422 e. The Morgan fingerprint density at radius 3 is 2.05 bits per heavy atom. The Balaban J connectivity index is 0.00000324. The van der Waals surface area contributed by atoms with Crippen LogP contribution in [0.3, 0.4) is 0 Å². The Kier molecular flexibility index (Phi) is 5.95. The topological polar surface area (TPSA) is 35.2 Å². The summed E-state index contributed by atoms with van der Waals surface area (Å²) in [6.07, 6.45) is -9.52. The summed E-state index contributed by atoms with van der Waals surface area (Å²) in [6.45, 7) is -2.15. The van der Waals surface area contributed by atoms with Crippen molar-refractivity contribution in [2.45, 2.75) is 18.9 Å². The molecule has 0 aromatic heterocycles. The molecule has 2 N–H and O–H groups in total. The van der Waals surface area contributed by atoms with Crippen LogP contribution in [0.4, 0.5) is 26.3 Å². The highest BCUT2D eigenvalue weighted by Gasteiger charge is 2.37. The van der Waals surface area contributed by atoms with Crippen LogP contribution in [0.1, 0.15) is 11.1 Å². The van der Waals surface area contributed by atoms with Crippen molar-refractivity contribution in [2.24, 2.45) is 5.73 Å². The maximum atomic E-state index is 12.6. The molecule has 9 heteroatoms. The van der Waals surface area contributed by atoms with Gasteiger partial charge in [-0.2, -0.15) is 26.3 Å². The van der Waals surface area contributed by atoms with E-state index in [4.69, 9.17) is 5.73 Å². The fourth-order valence-corrected chi connectivity index (χ4v) is 1.29. The standard InChI is InChI=1S/C10H9F6NO.ClH/c11-9(12,13)5-18-8-6(4-17)2-1-3-7(8)10(14,15)16;/h1-3H,4-5,17H2;1H. The molecule has 0 atom stereocenters. The van der Waals surface area contributed by atoms with Crippen LogP contribution in [0.25, 0.3) is 0 Å².